The van der Waals surface area contributed by atoms with Gasteiger partial charge in [0, 0.05) is 11.9 Å². The molecular formula is C18H21N3O5S. The fourth-order valence-electron chi connectivity index (χ4n) is 2.56. The summed E-state index contributed by atoms with van der Waals surface area (Å²) in [6.45, 7) is 3.27. The number of hydrogen-bond acceptors (Lipinski definition) is 5. The van der Waals surface area contributed by atoms with Gasteiger partial charge in [-0.2, -0.15) is 0 Å². The third-order valence-corrected chi connectivity index (χ3v) is 5.75. The number of nitrogens with one attached hydrogen (secondary N) is 2. The van der Waals surface area contributed by atoms with E-state index in [1.807, 2.05) is 0 Å². The predicted octanol–water partition coefficient (Wildman–Crippen LogP) is 2.71. The van der Waals surface area contributed by atoms with Crippen LogP contribution in [0.4, 0.5) is 11.5 Å². The predicted molar refractivity (Wildman–Crippen MR) is 101 cm³/mol. The lowest BCUT2D eigenvalue weighted by Gasteiger charge is -2.25. The van der Waals surface area contributed by atoms with Crippen LogP contribution >= 0.6 is 0 Å². The van der Waals surface area contributed by atoms with Gasteiger partial charge in [0.05, 0.1) is 4.90 Å². The second-order valence-corrected chi connectivity index (χ2v) is 7.58. The fraction of sp³-hybridized carbons (Fsp3) is 0.278. The lowest BCUT2D eigenvalue weighted by Crippen LogP contribution is -2.42. The molecule has 144 valence electrons. The number of carbonyl (C=O) groups is 2. The van der Waals surface area contributed by atoms with Crippen molar-refractivity contribution in [3.05, 3.63) is 48.7 Å². The minimum Gasteiger partial charge on any atom is -0.480 e. The van der Waals surface area contributed by atoms with Crippen LogP contribution in [-0.4, -0.2) is 30.4 Å². The van der Waals surface area contributed by atoms with E-state index in [2.05, 4.69) is 15.0 Å². The molecule has 0 aliphatic carbocycles. The van der Waals surface area contributed by atoms with Crippen LogP contribution in [0, 0.1) is 5.41 Å². The Hall–Kier alpha value is -2.94. The molecule has 0 radical (unpaired) electrons. The molecule has 1 aromatic carbocycles. The maximum absolute atomic E-state index is 12.4. The summed E-state index contributed by atoms with van der Waals surface area (Å²) in [4.78, 5) is 27.8. The molecule has 0 atom stereocenters. The van der Waals surface area contributed by atoms with Gasteiger partial charge in [-0.1, -0.05) is 19.9 Å². The van der Waals surface area contributed by atoms with Gasteiger partial charge in [-0.25, -0.2) is 13.4 Å². The molecule has 0 aliphatic heterocycles. The summed E-state index contributed by atoms with van der Waals surface area (Å²) < 4.78 is 27.1. The number of carboxylic acids is 1. The zero-order valence-electron chi connectivity index (χ0n) is 15.0. The maximum Gasteiger partial charge on any atom is 0.319 e. The molecule has 0 aliphatic rings. The number of aromatic nitrogens is 1. The van der Waals surface area contributed by atoms with Crippen molar-refractivity contribution in [2.45, 2.75) is 31.6 Å². The minimum atomic E-state index is -3.83. The Morgan fingerprint density at radius 2 is 1.70 bits per heavy atom. The number of aliphatic carboxylic acids is 1. The van der Waals surface area contributed by atoms with E-state index >= 15 is 0 Å². The summed E-state index contributed by atoms with van der Waals surface area (Å²) in [5, 5.41) is 12.0. The Bertz CT molecular complexity index is 908. The van der Waals surface area contributed by atoms with Crippen molar-refractivity contribution < 1.29 is 23.1 Å². The van der Waals surface area contributed by atoms with E-state index in [9.17, 15) is 23.1 Å². The van der Waals surface area contributed by atoms with Gasteiger partial charge in [0.2, 0.25) is 5.91 Å². The van der Waals surface area contributed by atoms with Crippen LogP contribution in [0.25, 0.3) is 0 Å². The number of anilines is 2. The second kappa shape index (κ2) is 8.17. The van der Waals surface area contributed by atoms with Crippen LogP contribution in [0.5, 0.6) is 0 Å². The van der Waals surface area contributed by atoms with Gasteiger partial charge in [0.1, 0.15) is 11.2 Å². The molecule has 0 saturated heterocycles. The lowest BCUT2D eigenvalue weighted by molar-refractivity contribution is -0.154. The van der Waals surface area contributed by atoms with Gasteiger partial charge in [-0.05, 0) is 49.2 Å². The number of carbonyl (C=O) groups excluding carboxylic acids is 1. The third-order valence-electron chi connectivity index (χ3n) is 4.38. The zero-order chi connectivity index (χ0) is 20.1. The summed E-state index contributed by atoms with van der Waals surface area (Å²) in [5.41, 5.74) is -1.21. The maximum atomic E-state index is 12.4. The molecule has 0 bridgehead atoms. The highest BCUT2D eigenvalue weighted by Crippen LogP contribution is 2.29. The van der Waals surface area contributed by atoms with Crippen LogP contribution < -0.4 is 10.0 Å². The molecule has 1 heterocycles. The number of nitrogens with zero attached hydrogens (tertiary/aromatic N) is 1. The molecule has 27 heavy (non-hydrogen) atoms. The molecule has 0 unspecified atom stereocenters. The van der Waals surface area contributed by atoms with Crippen molar-refractivity contribution >= 4 is 33.4 Å². The van der Waals surface area contributed by atoms with E-state index in [-0.39, 0.29) is 23.6 Å². The summed E-state index contributed by atoms with van der Waals surface area (Å²) in [7, 11) is -3.83. The number of pyridine rings is 1. The Morgan fingerprint density at radius 1 is 1.07 bits per heavy atom. The molecule has 8 nitrogen and oxygen atoms in total. The SMILES string of the molecule is CCC(CC)(C(=O)O)C(=O)Nc1ccc(S(=O)(=O)Nc2ccccn2)cc1. The van der Waals surface area contributed by atoms with Crippen LogP contribution in [0.3, 0.4) is 0 Å². The summed E-state index contributed by atoms with van der Waals surface area (Å²) in [6.07, 6.45) is 1.75. The lowest BCUT2D eigenvalue weighted by atomic mass is 9.81. The number of carboxylic acid groups (broad SMARTS) is 1. The molecule has 9 heteroatoms. The molecule has 0 saturated carbocycles. The van der Waals surface area contributed by atoms with Gasteiger partial charge in [-0.3, -0.25) is 14.3 Å². The summed E-state index contributed by atoms with van der Waals surface area (Å²) in [5.74, 6) is -1.64. The molecule has 2 rings (SSSR count). The zero-order valence-corrected chi connectivity index (χ0v) is 15.8. The first kappa shape index (κ1) is 20.4. The molecule has 0 fully saturated rings. The average molecular weight is 391 g/mol. The first-order valence-corrected chi connectivity index (χ1v) is 9.82. The molecule has 3 N–H and O–H groups in total. The van der Waals surface area contributed by atoms with E-state index < -0.39 is 27.3 Å². The smallest absolute Gasteiger partial charge is 0.319 e. The Kier molecular flexibility index (Phi) is 6.17. The van der Waals surface area contributed by atoms with Crippen LogP contribution in [0.15, 0.2) is 53.6 Å². The monoisotopic (exact) mass is 391 g/mol. The van der Waals surface area contributed by atoms with Crippen LogP contribution in [0.1, 0.15) is 26.7 Å². The first-order chi connectivity index (χ1) is 12.7. The van der Waals surface area contributed by atoms with Crippen molar-refractivity contribution in [3.63, 3.8) is 0 Å². The topological polar surface area (TPSA) is 125 Å². The van der Waals surface area contributed by atoms with Gasteiger partial charge in [0.15, 0.2) is 0 Å². The number of hydrogen-bond donors (Lipinski definition) is 3. The van der Waals surface area contributed by atoms with Crippen molar-refractivity contribution in [2.75, 3.05) is 10.0 Å². The highest BCUT2D eigenvalue weighted by atomic mass is 32.2. The first-order valence-electron chi connectivity index (χ1n) is 8.34. The van der Waals surface area contributed by atoms with Crippen molar-refractivity contribution in [2.24, 2.45) is 5.41 Å². The number of sulfonamides is 1. The van der Waals surface area contributed by atoms with Crippen molar-refractivity contribution in [1.82, 2.24) is 4.98 Å². The largest absolute Gasteiger partial charge is 0.480 e. The van der Waals surface area contributed by atoms with Crippen molar-refractivity contribution in [1.29, 1.82) is 0 Å². The van der Waals surface area contributed by atoms with Gasteiger partial charge >= 0.3 is 5.97 Å². The average Bonchev–Trinajstić information content (AvgIpc) is 2.64. The molecular weight excluding hydrogens is 370 g/mol. The third kappa shape index (κ3) is 4.43. The molecule has 1 amide bonds. The second-order valence-electron chi connectivity index (χ2n) is 5.89. The summed E-state index contributed by atoms with van der Waals surface area (Å²) >= 11 is 0. The van der Waals surface area contributed by atoms with Crippen LogP contribution in [0.2, 0.25) is 0 Å². The minimum absolute atomic E-state index is 0.0124. The number of rotatable bonds is 8. The molecule has 2 aromatic rings. The van der Waals surface area contributed by atoms with Crippen LogP contribution in [-0.2, 0) is 19.6 Å². The van der Waals surface area contributed by atoms with E-state index in [0.29, 0.717) is 5.69 Å². The van der Waals surface area contributed by atoms with E-state index in [1.165, 1.54) is 36.5 Å². The highest BCUT2D eigenvalue weighted by molar-refractivity contribution is 7.92. The quantitative estimate of drug-likeness (QED) is 0.594. The Balaban J connectivity index is 2.17. The highest BCUT2D eigenvalue weighted by Gasteiger charge is 2.42. The Morgan fingerprint density at radius 3 is 2.19 bits per heavy atom. The molecule has 1 aromatic heterocycles. The molecule has 0 spiro atoms. The standard InChI is InChI=1S/C18H21N3O5S/c1-3-18(4-2,17(23)24)16(22)20-13-8-10-14(11-9-13)27(25,26)21-15-7-5-6-12-19-15/h5-12H,3-4H2,1-2H3,(H,19,21)(H,20,22)(H,23,24). The van der Waals surface area contributed by atoms with Crippen molar-refractivity contribution in [3.8, 4) is 0 Å². The summed E-state index contributed by atoms with van der Waals surface area (Å²) in [6, 6.07) is 10.3. The van der Waals surface area contributed by atoms with Gasteiger partial charge in [-0.15, -0.1) is 0 Å². The van der Waals surface area contributed by atoms with Gasteiger partial charge in [0.25, 0.3) is 10.0 Å². The van der Waals surface area contributed by atoms with Gasteiger partial charge < -0.3 is 10.4 Å². The Labute approximate surface area is 157 Å². The fourth-order valence-corrected chi connectivity index (χ4v) is 3.57. The van der Waals surface area contributed by atoms with E-state index in [1.54, 1.807) is 26.0 Å². The number of benzene rings is 1. The van der Waals surface area contributed by atoms with E-state index in [0.717, 1.165) is 0 Å². The normalized spacial score (nSPS) is 11.6. The van der Waals surface area contributed by atoms with E-state index in [4.69, 9.17) is 0 Å². The number of amides is 1.